The third-order valence-corrected chi connectivity index (χ3v) is 9.11. The topological polar surface area (TPSA) is 63.6 Å². The van der Waals surface area contributed by atoms with Gasteiger partial charge in [0.05, 0.1) is 16.1 Å². The van der Waals surface area contributed by atoms with Gasteiger partial charge in [0.15, 0.2) is 3.79 Å². The van der Waals surface area contributed by atoms with Crippen LogP contribution < -0.4 is 0 Å². The number of rotatable bonds is 7. The van der Waals surface area contributed by atoms with E-state index >= 15 is 0 Å². The lowest BCUT2D eigenvalue weighted by molar-refractivity contribution is -0.0142. The van der Waals surface area contributed by atoms with E-state index < -0.39 is 29.9 Å². The average molecular weight is 756 g/mol. The zero-order chi connectivity index (χ0) is 19.6. The van der Waals surface area contributed by atoms with Crippen LogP contribution in [0.5, 0.6) is 0 Å². The monoisotopic (exact) mass is 750 g/mol. The molecule has 0 aliphatic carbocycles. The number of aliphatic hydroxyl groups is 1. The molecule has 1 aromatic rings. The number of halogens is 8. The van der Waals surface area contributed by atoms with Crippen LogP contribution in [-0.2, 0) is 19.9 Å². The van der Waals surface area contributed by atoms with Gasteiger partial charge in [-0.1, -0.05) is 66.7 Å². The van der Waals surface area contributed by atoms with Crippen LogP contribution in [0.3, 0.4) is 0 Å². The molecule has 1 unspecified atom stereocenters. The summed E-state index contributed by atoms with van der Waals surface area (Å²) in [6.07, 6.45) is -0.382. The van der Waals surface area contributed by atoms with Crippen molar-refractivity contribution in [1.29, 1.82) is 0 Å². The van der Waals surface area contributed by atoms with Gasteiger partial charge in [-0.25, -0.2) is 0 Å². The molecule has 1 rings (SSSR count). The average Bonchev–Trinajstić information content (AvgIpc) is 2.39. The van der Waals surface area contributed by atoms with Crippen molar-refractivity contribution in [2.24, 2.45) is 0 Å². The summed E-state index contributed by atoms with van der Waals surface area (Å²) in [5.41, 5.74) is -1.55. The van der Waals surface area contributed by atoms with E-state index in [4.69, 9.17) is 39.0 Å². The van der Waals surface area contributed by atoms with E-state index in [-0.39, 0.29) is 12.2 Å². The molecule has 1 aromatic carbocycles. The third-order valence-electron chi connectivity index (χ3n) is 2.82. The summed E-state index contributed by atoms with van der Waals surface area (Å²) >= 11 is 33.6. The third kappa shape index (κ3) is 8.72. The van der Waals surface area contributed by atoms with Crippen molar-refractivity contribution in [3.63, 3.8) is 0 Å². The maximum absolute atomic E-state index is 12.0. The molecule has 25 heavy (non-hydrogen) atoms. The van der Waals surface area contributed by atoms with E-state index in [9.17, 15) is 13.5 Å². The lowest BCUT2D eigenvalue weighted by Gasteiger charge is -2.31. The number of hydrogen-bond donors (Lipinski definition) is 1. The lowest BCUT2D eigenvalue weighted by atomic mass is 9.92. The van der Waals surface area contributed by atoms with Gasteiger partial charge in [-0.3, -0.25) is 4.18 Å². The summed E-state index contributed by atoms with van der Waals surface area (Å²) in [5.74, 6) is -0.343. The summed E-state index contributed by atoms with van der Waals surface area (Å²) in [5, 5.41) is 11.0. The molecule has 0 spiro atoms. The van der Waals surface area contributed by atoms with Crippen LogP contribution in [0, 0.1) is 0 Å². The molecule has 0 bridgehead atoms. The van der Waals surface area contributed by atoms with Crippen LogP contribution in [0.1, 0.15) is 12.0 Å². The first-order chi connectivity index (χ1) is 11.2. The first-order valence-corrected chi connectivity index (χ1v) is 13.2. The molecule has 4 nitrogen and oxygen atoms in total. The minimum absolute atomic E-state index is 0.310. The summed E-state index contributed by atoms with van der Waals surface area (Å²) in [6.45, 7) is -0.615. The Hall–Kier alpha value is 2.36. The molecule has 0 aromatic heterocycles. The van der Waals surface area contributed by atoms with Gasteiger partial charge in [0, 0.05) is 19.8 Å². The molecular formula is C12H10Br5Cl3O4S. The van der Waals surface area contributed by atoms with Gasteiger partial charge < -0.3 is 5.11 Å². The van der Waals surface area contributed by atoms with Gasteiger partial charge in [0.25, 0.3) is 10.1 Å². The Morgan fingerprint density at radius 2 is 1.60 bits per heavy atom. The largest absolute Gasteiger partial charge is 0.383 e. The van der Waals surface area contributed by atoms with Gasteiger partial charge >= 0.3 is 0 Å². The number of benzene rings is 1. The predicted molar refractivity (Wildman–Crippen MR) is 120 cm³/mol. The minimum atomic E-state index is -3.92. The first-order valence-electron chi connectivity index (χ1n) is 6.24. The SMILES string of the molecule is O=S(=O)(CC(Br)Br)OCC(O)(CC(Cl)(Cl)Cl)c1cc(Br)c(Br)c(Br)c1. The first kappa shape index (κ1) is 25.4. The molecule has 0 aliphatic rings. The molecular weight excluding hydrogens is 746 g/mol. The Labute approximate surface area is 203 Å². The highest BCUT2D eigenvalue weighted by atomic mass is 79.9. The summed E-state index contributed by atoms with van der Waals surface area (Å²) < 4.78 is 28.5. The Morgan fingerprint density at radius 3 is 2.00 bits per heavy atom. The second-order valence-corrected chi connectivity index (χ2v) is 15.1. The van der Waals surface area contributed by atoms with Crippen LogP contribution in [0.15, 0.2) is 25.6 Å². The van der Waals surface area contributed by atoms with Crippen molar-refractivity contribution in [3.8, 4) is 0 Å². The second kappa shape index (κ2) is 9.91. The Kier molecular flexibility index (Phi) is 10.1. The van der Waals surface area contributed by atoms with Crippen LogP contribution in [0.4, 0.5) is 0 Å². The highest BCUT2D eigenvalue weighted by Gasteiger charge is 2.40. The molecule has 1 atom stereocenters. The Balaban J connectivity index is 3.23. The smallest absolute Gasteiger partial charge is 0.269 e. The van der Waals surface area contributed by atoms with Gasteiger partial charge in [-0.15, -0.1) is 0 Å². The van der Waals surface area contributed by atoms with E-state index in [1.54, 1.807) is 12.1 Å². The van der Waals surface area contributed by atoms with Crippen LogP contribution in [0.2, 0.25) is 0 Å². The van der Waals surface area contributed by atoms with Crippen molar-refractivity contribution in [2.75, 3.05) is 12.4 Å². The Morgan fingerprint density at radius 1 is 1.12 bits per heavy atom. The predicted octanol–water partition coefficient (Wildman–Crippen LogP) is 6.38. The molecule has 0 fully saturated rings. The van der Waals surface area contributed by atoms with Crippen LogP contribution in [0.25, 0.3) is 0 Å². The summed E-state index contributed by atoms with van der Waals surface area (Å²) in [6, 6.07) is 3.16. The van der Waals surface area contributed by atoms with Gasteiger partial charge in [-0.05, 0) is 65.5 Å². The number of hydrogen-bond acceptors (Lipinski definition) is 4. The standard InChI is InChI=1S/C12H10Br5Cl3O4S/c13-7-1-6(2-8(14)10(7)17)11(21,4-12(18,19)20)5-24-25(22,23)3-9(15)16/h1-2,9,21H,3-5H2. The fourth-order valence-corrected chi connectivity index (χ4v) is 6.58. The minimum Gasteiger partial charge on any atom is -0.383 e. The number of alkyl halides is 5. The van der Waals surface area contributed by atoms with Crippen molar-refractivity contribution in [1.82, 2.24) is 0 Å². The quantitative estimate of drug-likeness (QED) is 0.199. The fraction of sp³-hybridized carbons (Fsp3) is 0.500. The van der Waals surface area contributed by atoms with Crippen molar-refractivity contribution >= 4 is 125 Å². The molecule has 0 saturated heterocycles. The van der Waals surface area contributed by atoms with E-state index in [1.165, 1.54) is 0 Å². The molecule has 0 amide bonds. The van der Waals surface area contributed by atoms with Gasteiger partial charge in [0.2, 0.25) is 0 Å². The fourth-order valence-electron chi connectivity index (χ4n) is 1.78. The van der Waals surface area contributed by atoms with E-state index in [0.717, 1.165) is 0 Å². The van der Waals surface area contributed by atoms with Crippen LogP contribution >= 0.6 is 114 Å². The zero-order valence-electron chi connectivity index (χ0n) is 12.0. The molecule has 144 valence electrons. The summed E-state index contributed by atoms with van der Waals surface area (Å²) in [4.78, 5) is 0. The molecule has 0 heterocycles. The maximum atomic E-state index is 12.0. The Bertz CT molecular complexity index is 703. The second-order valence-electron chi connectivity index (χ2n) is 4.96. The van der Waals surface area contributed by atoms with Crippen molar-refractivity contribution < 1.29 is 17.7 Å². The molecule has 0 radical (unpaired) electrons. The summed E-state index contributed by atoms with van der Waals surface area (Å²) in [7, 11) is -3.92. The van der Waals surface area contributed by atoms with E-state index in [1.807, 2.05) is 0 Å². The maximum Gasteiger partial charge on any atom is 0.269 e. The zero-order valence-corrected chi connectivity index (χ0v) is 23.0. The molecule has 1 N–H and O–H groups in total. The molecule has 0 saturated carbocycles. The van der Waals surface area contributed by atoms with E-state index in [0.29, 0.717) is 19.0 Å². The van der Waals surface area contributed by atoms with E-state index in [2.05, 4.69) is 79.6 Å². The van der Waals surface area contributed by atoms with Gasteiger partial charge in [-0.2, -0.15) is 8.42 Å². The molecule has 13 heteroatoms. The highest BCUT2D eigenvalue weighted by Crippen LogP contribution is 2.43. The van der Waals surface area contributed by atoms with Crippen molar-refractivity contribution in [3.05, 3.63) is 31.1 Å². The van der Waals surface area contributed by atoms with Crippen LogP contribution in [-0.4, -0.2) is 33.4 Å². The normalized spacial score (nSPS) is 15.4. The molecule has 0 aliphatic heterocycles. The highest BCUT2D eigenvalue weighted by molar-refractivity contribution is 9.24. The lowest BCUT2D eigenvalue weighted by Crippen LogP contribution is -2.37. The van der Waals surface area contributed by atoms with Crippen molar-refractivity contribution in [2.45, 2.75) is 19.6 Å². The van der Waals surface area contributed by atoms with Gasteiger partial charge in [0.1, 0.15) is 5.60 Å².